The molecule has 3 aliphatic carbocycles. The molecule has 5 atom stereocenters. The Balaban J connectivity index is 1.72. The van der Waals surface area contributed by atoms with E-state index in [1.165, 1.54) is 24.2 Å². The standard InChI is InChI=1S/C23H32OS/c1-15(2)17-11-12-22(5)14-19-21(3,4)20(24)23(19,13-18(17)22)25-16-9-7-6-8-10-16/h6-10,15,17-19H,11-14H2,1-5H3/t17-,18-,19+,22+,23-/m0/s1. The summed E-state index contributed by atoms with van der Waals surface area (Å²) in [5.74, 6) is 3.25. The first-order valence-corrected chi connectivity index (χ1v) is 10.8. The number of benzene rings is 1. The van der Waals surface area contributed by atoms with Crippen molar-refractivity contribution in [2.75, 3.05) is 0 Å². The molecule has 2 heteroatoms. The number of fused-ring (bicyclic) bond motifs is 2. The van der Waals surface area contributed by atoms with Crippen LogP contribution in [0.4, 0.5) is 0 Å². The third-order valence-corrected chi connectivity index (χ3v) is 9.47. The molecule has 0 bridgehead atoms. The largest absolute Gasteiger partial charge is 0.297 e. The Kier molecular flexibility index (Phi) is 3.96. The Morgan fingerprint density at radius 3 is 2.40 bits per heavy atom. The number of Topliss-reactive ketones (excluding diaryl/α,β-unsaturated/α-hetero) is 1. The van der Waals surface area contributed by atoms with Gasteiger partial charge in [0.05, 0.1) is 4.75 Å². The molecule has 0 aromatic heterocycles. The fraction of sp³-hybridized carbons (Fsp3) is 0.696. The Morgan fingerprint density at radius 1 is 1.08 bits per heavy atom. The predicted octanol–water partition coefficient (Wildman–Crippen LogP) is 6.22. The number of thioether (sulfide) groups is 1. The molecule has 1 aromatic carbocycles. The molecule has 3 aliphatic rings. The van der Waals surface area contributed by atoms with Gasteiger partial charge in [-0.2, -0.15) is 0 Å². The molecule has 0 spiro atoms. The summed E-state index contributed by atoms with van der Waals surface area (Å²) in [6, 6.07) is 10.6. The van der Waals surface area contributed by atoms with E-state index in [-0.39, 0.29) is 10.2 Å². The van der Waals surface area contributed by atoms with Gasteiger partial charge in [-0.3, -0.25) is 4.79 Å². The van der Waals surface area contributed by atoms with Gasteiger partial charge in [0.1, 0.15) is 0 Å². The predicted molar refractivity (Wildman–Crippen MR) is 106 cm³/mol. The van der Waals surface area contributed by atoms with Gasteiger partial charge >= 0.3 is 0 Å². The lowest BCUT2D eigenvalue weighted by Crippen LogP contribution is -2.70. The Bertz CT molecular complexity index is 679. The molecule has 0 radical (unpaired) electrons. The van der Waals surface area contributed by atoms with Crippen LogP contribution in [-0.2, 0) is 4.79 Å². The Morgan fingerprint density at radius 2 is 1.76 bits per heavy atom. The van der Waals surface area contributed by atoms with Gasteiger partial charge in [0.25, 0.3) is 0 Å². The van der Waals surface area contributed by atoms with Crippen molar-refractivity contribution in [1.82, 2.24) is 0 Å². The number of hydrogen-bond donors (Lipinski definition) is 0. The van der Waals surface area contributed by atoms with E-state index in [1.807, 2.05) is 11.8 Å². The third-order valence-electron chi connectivity index (χ3n) is 7.96. The number of hydrogen-bond acceptors (Lipinski definition) is 2. The van der Waals surface area contributed by atoms with Crippen LogP contribution in [-0.4, -0.2) is 10.5 Å². The second-order valence-corrected chi connectivity index (χ2v) is 11.4. The first kappa shape index (κ1) is 17.6. The highest BCUT2D eigenvalue weighted by molar-refractivity contribution is 8.01. The zero-order chi connectivity index (χ0) is 18.0. The normalized spacial score (nSPS) is 42.0. The van der Waals surface area contributed by atoms with Crippen molar-refractivity contribution in [3.63, 3.8) is 0 Å². The maximum atomic E-state index is 13.4. The molecule has 0 saturated heterocycles. The molecule has 3 saturated carbocycles. The zero-order valence-corrected chi connectivity index (χ0v) is 17.2. The molecule has 0 amide bonds. The molecular weight excluding hydrogens is 324 g/mol. The van der Waals surface area contributed by atoms with Crippen molar-refractivity contribution < 1.29 is 4.79 Å². The van der Waals surface area contributed by atoms with E-state index >= 15 is 0 Å². The minimum Gasteiger partial charge on any atom is -0.297 e. The summed E-state index contributed by atoms with van der Waals surface area (Å²) in [6.07, 6.45) is 5.04. The molecular formula is C23H32OS. The van der Waals surface area contributed by atoms with Crippen molar-refractivity contribution in [1.29, 1.82) is 0 Å². The van der Waals surface area contributed by atoms with E-state index < -0.39 is 0 Å². The van der Waals surface area contributed by atoms with Crippen LogP contribution in [0.1, 0.15) is 60.3 Å². The maximum Gasteiger partial charge on any atom is 0.155 e. The van der Waals surface area contributed by atoms with Crippen LogP contribution < -0.4 is 0 Å². The lowest BCUT2D eigenvalue weighted by molar-refractivity contribution is -0.160. The molecule has 0 unspecified atom stereocenters. The fourth-order valence-corrected chi connectivity index (χ4v) is 8.37. The summed E-state index contributed by atoms with van der Waals surface area (Å²) >= 11 is 1.88. The summed E-state index contributed by atoms with van der Waals surface area (Å²) in [4.78, 5) is 14.7. The molecule has 136 valence electrons. The summed E-state index contributed by atoms with van der Waals surface area (Å²) in [7, 11) is 0. The molecule has 1 aromatic rings. The van der Waals surface area contributed by atoms with Crippen molar-refractivity contribution in [2.24, 2.45) is 34.5 Å². The smallest absolute Gasteiger partial charge is 0.155 e. The number of rotatable bonds is 3. The van der Waals surface area contributed by atoms with Gasteiger partial charge in [0.2, 0.25) is 0 Å². The molecule has 0 heterocycles. The second kappa shape index (κ2) is 5.62. The Labute approximate surface area is 157 Å². The topological polar surface area (TPSA) is 17.1 Å². The summed E-state index contributed by atoms with van der Waals surface area (Å²) in [6.45, 7) is 11.7. The number of carbonyl (C=O) groups is 1. The van der Waals surface area contributed by atoms with Crippen LogP contribution >= 0.6 is 11.8 Å². The van der Waals surface area contributed by atoms with Gasteiger partial charge in [-0.25, -0.2) is 0 Å². The Hall–Kier alpha value is -0.760. The van der Waals surface area contributed by atoms with E-state index in [2.05, 4.69) is 65.0 Å². The molecule has 0 N–H and O–H groups in total. The van der Waals surface area contributed by atoms with E-state index in [9.17, 15) is 4.79 Å². The molecule has 3 fully saturated rings. The average molecular weight is 357 g/mol. The van der Waals surface area contributed by atoms with Gasteiger partial charge in [0, 0.05) is 10.3 Å². The zero-order valence-electron chi connectivity index (χ0n) is 16.3. The lowest BCUT2D eigenvalue weighted by atomic mass is 9.43. The van der Waals surface area contributed by atoms with E-state index in [0.717, 1.165) is 18.3 Å². The quantitative estimate of drug-likeness (QED) is 0.639. The fourth-order valence-electron chi connectivity index (χ4n) is 6.52. The van der Waals surface area contributed by atoms with Crippen LogP contribution in [0, 0.1) is 34.5 Å². The lowest BCUT2D eigenvalue weighted by Gasteiger charge is -2.65. The van der Waals surface area contributed by atoms with E-state index in [0.29, 0.717) is 23.0 Å². The van der Waals surface area contributed by atoms with Crippen molar-refractivity contribution in [2.45, 2.75) is 69.9 Å². The van der Waals surface area contributed by atoms with Gasteiger partial charge in [-0.1, -0.05) is 52.8 Å². The van der Waals surface area contributed by atoms with Gasteiger partial charge in [0.15, 0.2) is 5.78 Å². The minimum atomic E-state index is -0.174. The maximum absolute atomic E-state index is 13.4. The van der Waals surface area contributed by atoms with Gasteiger partial charge < -0.3 is 0 Å². The molecule has 1 nitrogen and oxygen atoms in total. The van der Waals surface area contributed by atoms with Crippen LogP contribution in [0.25, 0.3) is 0 Å². The SMILES string of the molecule is CC(C)[C@@H]1CC[C@]2(C)C[C@@H]3C(C)(C)C(=O)[C@]3(Sc3ccccc3)C[C@@H]12. The van der Waals surface area contributed by atoms with Gasteiger partial charge in [-0.15, -0.1) is 11.8 Å². The summed E-state index contributed by atoms with van der Waals surface area (Å²) in [5, 5.41) is 0. The van der Waals surface area contributed by atoms with Crippen LogP contribution in [0.3, 0.4) is 0 Å². The third kappa shape index (κ3) is 2.39. The molecule has 0 aliphatic heterocycles. The van der Waals surface area contributed by atoms with Crippen LogP contribution in [0.2, 0.25) is 0 Å². The van der Waals surface area contributed by atoms with E-state index in [1.54, 1.807) is 0 Å². The second-order valence-electron chi connectivity index (χ2n) is 10.0. The number of carbonyl (C=O) groups excluding carboxylic acids is 1. The summed E-state index contributed by atoms with van der Waals surface area (Å²) in [5.41, 5.74) is 0.296. The number of ketones is 1. The summed E-state index contributed by atoms with van der Waals surface area (Å²) < 4.78 is -0.174. The monoisotopic (exact) mass is 356 g/mol. The van der Waals surface area contributed by atoms with Crippen molar-refractivity contribution in [3.8, 4) is 0 Å². The molecule has 25 heavy (non-hydrogen) atoms. The van der Waals surface area contributed by atoms with Crippen molar-refractivity contribution in [3.05, 3.63) is 30.3 Å². The van der Waals surface area contributed by atoms with Crippen molar-refractivity contribution >= 4 is 17.5 Å². The highest BCUT2D eigenvalue weighted by atomic mass is 32.2. The first-order chi connectivity index (χ1) is 11.7. The van der Waals surface area contributed by atoms with Gasteiger partial charge in [-0.05, 0) is 66.9 Å². The minimum absolute atomic E-state index is 0.147. The molecule has 4 rings (SSSR count). The average Bonchev–Trinajstić information content (AvgIpc) is 2.91. The highest BCUT2D eigenvalue weighted by Gasteiger charge is 2.72. The van der Waals surface area contributed by atoms with E-state index in [4.69, 9.17) is 0 Å². The highest BCUT2D eigenvalue weighted by Crippen LogP contribution is 2.72. The van der Waals surface area contributed by atoms with Crippen LogP contribution in [0.15, 0.2) is 35.2 Å². The van der Waals surface area contributed by atoms with Crippen LogP contribution in [0.5, 0.6) is 0 Å². The first-order valence-electron chi connectivity index (χ1n) is 10.00.